The molecule has 1 amide bonds. The first-order chi connectivity index (χ1) is 17.0. The van der Waals surface area contributed by atoms with Crippen LogP contribution in [-0.4, -0.2) is 25.4 Å². The first-order valence-corrected chi connectivity index (χ1v) is 11.0. The van der Waals surface area contributed by atoms with Crippen molar-refractivity contribution >= 4 is 22.6 Å². The number of anilines is 1. The molecular formula is C27H22N6O2. The van der Waals surface area contributed by atoms with Gasteiger partial charge in [0.25, 0.3) is 11.5 Å². The number of nitrogen functional groups attached to an aromatic ring is 1. The van der Waals surface area contributed by atoms with Gasteiger partial charge in [-0.2, -0.15) is 0 Å². The van der Waals surface area contributed by atoms with Crippen molar-refractivity contribution in [3.63, 3.8) is 0 Å². The summed E-state index contributed by atoms with van der Waals surface area (Å²) >= 11 is 0. The van der Waals surface area contributed by atoms with Crippen LogP contribution in [0.2, 0.25) is 0 Å². The number of benzene rings is 2. The molecule has 0 aliphatic heterocycles. The van der Waals surface area contributed by atoms with Gasteiger partial charge in [-0.25, -0.2) is 9.97 Å². The molecule has 0 aliphatic rings. The fourth-order valence-corrected chi connectivity index (χ4v) is 3.88. The van der Waals surface area contributed by atoms with E-state index in [2.05, 4.69) is 20.3 Å². The van der Waals surface area contributed by atoms with Gasteiger partial charge < -0.3 is 15.6 Å². The van der Waals surface area contributed by atoms with Crippen molar-refractivity contribution in [2.45, 2.75) is 6.54 Å². The van der Waals surface area contributed by atoms with Crippen molar-refractivity contribution in [3.05, 3.63) is 107 Å². The maximum Gasteiger partial charge on any atom is 0.274 e. The van der Waals surface area contributed by atoms with Crippen molar-refractivity contribution < 1.29 is 4.79 Å². The van der Waals surface area contributed by atoms with Gasteiger partial charge in [-0.3, -0.25) is 14.6 Å². The Kier molecular flexibility index (Phi) is 5.76. The van der Waals surface area contributed by atoms with Gasteiger partial charge in [-0.05, 0) is 24.3 Å². The zero-order chi connectivity index (χ0) is 24.4. The van der Waals surface area contributed by atoms with Crippen molar-refractivity contribution in [1.29, 1.82) is 0 Å². The number of carbonyl (C=O) groups excluding carboxylic acids is 1. The molecule has 3 heterocycles. The zero-order valence-electron chi connectivity index (χ0n) is 19.0. The zero-order valence-corrected chi connectivity index (χ0v) is 19.0. The Morgan fingerprint density at radius 3 is 2.57 bits per heavy atom. The Morgan fingerprint density at radius 2 is 1.74 bits per heavy atom. The van der Waals surface area contributed by atoms with Crippen molar-refractivity contribution in [2.75, 3.05) is 5.73 Å². The normalized spacial score (nSPS) is 10.9. The van der Waals surface area contributed by atoms with E-state index in [4.69, 9.17) is 5.73 Å². The van der Waals surface area contributed by atoms with Crippen molar-refractivity contribution in [3.8, 4) is 22.5 Å². The Balaban J connectivity index is 1.58. The third-order valence-electron chi connectivity index (χ3n) is 5.70. The van der Waals surface area contributed by atoms with Gasteiger partial charge in [0.15, 0.2) is 11.5 Å². The number of aromatic nitrogens is 4. The maximum atomic E-state index is 13.1. The third-order valence-corrected chi connectivity index (χ3v) is 5.70. The maximum absolute atomic E-state index is 13.1. The highest BCUT2D eigenvalue weighted by Gasteiger charge is 2.20. The van der Waals surface area contributed by atoms with Gasteiger partial charge in [-0.1, -0.05) is 48.5 Å². The summed E-state index contributed by atoms with van der Waals surface area (Å²) in [6, 6.07) is 22.6. The van der Waals surface area contributed by atoms with Crippen LogP contribution in [0.5, 0.6) is 0 Å². The van der Waals surface area contributed by atoms with Crippen LogP contribution in [0.25, 0.3) is 33.4 Å². The molecule has 8 heteroatoms. The van der Waals surface area contributed by atoms with Crippen molar-refractivity contribution in [1.82, 2.24) is 24.8 Å². The molecule has 35 heavy (non-hydrogen) atoms. The second-order valence-electron chi connectivity index (χ2n) is 8.06. The fourth-order valence-electron chi connectivity index (χ4n) is 3.88. The number of amides is 1. The lowest BCUT2D eigenvalue weighted by Crippen LogP contribution is -2.30. The number of hydrogen-bond acceptors (Lipinski definition) is 6. The van der Waals surface area contributed by atoms with Crippen LogP contribution in [0, 0.1) is 0 Å². The first kappa shape index (κ1) is 22.0. The standard InChI is InChI=1S/C27H22N6O2/c1-33-14-6-10-20(27(33)35)16-30-26(34)24-25(28)32-22(17-7-3-2-4-8-17)23(31-24)19-11-12-21-18(15-19)9-5-13-29-21/h2-15H,16H2,1H3,(H2,28,32)(H,30,34). The molecule has 0 unspecified atom stereocenters. The molecule has 0 bridgehead atoms. The molecule has 0 fully saturated rings. The number of carbonyl (C=O) groups is 1. The van der Waals surface area contributed by atoms with Gasteiger partial charge in [0, 0.05) is 48.1 Å². The lowest BCUT2D eigenvalue weighted by Gasteiger charge is -2.14. The molecular weight excluding hydrogens is 440 g/mol. The van der Waals surface area contributed by atoms with Crippen LogP contribution in [0.3, 0.4) is 0 Å². The molecule has 3 N–H and O–H groups in total. The van der Waals surface area contributed by atoms with E-state index in [1.165, 1.54) is 4.57 Å². The van der Waals surface area contributed by atoms with E-state index in [-0.39, 0.29) is 23.6 Å². The quantitative estimate of drug-likeness (QED) is 0.413. The number of aryl methyl sites for hydroxylation is 1. The van der Waals surface area contributed by atoms with E-state index in [1.807, 2.05) is 60.7 Å². The number of pyridine rings is 2. The summed E-state index contributed by atoms with van der Waals surface area (Å²) in [5.74, 6) is -0.502. The number of nitrogens with two attached hydrogens (primary N) is 1. The van der Waals surface area contributed by atoms with Crippen LogP contribution >= 0.6 is 0 Å². The van der Waals surface area contributed by atoms with E-state index in [1.54, 1.807) is 31.6 Å². The average molecular weight is 463 g/mol. The van der Waals surface area contributed by atoms with Crippen LogP contribution in [0.15, 0.2) is 90.0 Å². The van der Waals surface area contributed by atoms with Crippen LogP contribution in [0.1, 0.15) is 16.1 Å². The molecule has 8 nitrogen and oxygen atoms in total. The van der Waals surface area contributed by atoms with Gasteiger partial charge in [0.05, 0.1) is 16.9 Å². The summed E-state index contributed by atoms with van der Waals surface area (Å²) in [5.41, 5.74) is 10.0. The summed E-state index contributed by atoms with van der Waals surface area (Å²) in [4.78, 5) is 39.0. The molecule has 0 atom stereocenters. The predicted molar refractivity (Wildman–Crippen MR) is 135 cm³/mol. The summed E-state index contributed by atoms with van der Waals surface area (Å²) in [6.07, 6.45) is 3.40. The van der Waals surface area contributed by atoms with Crippen molar-refractivity contribution in [2.24, 2.45) is 7.05 Å². The Bertz CT molecular complexity index is 1610. The van der Waals surface area contributed by atoms with E-state index < -0.39 is 5.91 Å². The van der Waals surface area contributed by atoms with E-state index in [0.29, 0.717) is 17.0 Å². The average Bonchev–Trinajstić information content (AvgIpc) is 2.89. The topological polar surface area (TPSA) is 116 Å². The van der Waals surface area contributed by atoms with Crippen LogP contribution < -0.4 is 16.6 Å². The predicted octanol–water partition coefficient (Wildman–Crippen LogP) is 3.57. The highest BCUT2D eigenvalue weighted by Crippen LogP contribution is 2.32. The second-order valence-corrected chi connectivity index (χ2v) is 8.06. The molecule has 0 saturated carbocycles. The van der Waals surface area contributed by atoms with Gasteiger partial charge in [0.1, 0.15) is 0 Å². The lowest BCUT2D eigenvalue weighted by atomic mass is 10.0. The highest BCUT2D eigenvalue weighted by molar-refractivity contribution is 5.98. The monoisotopic (exact) mass is 462 g/mol. The highest BCUT2D eigenvalue weighted by atomic mass is 16.2. The van der Waals surface area contributed by atoms with Gasteiger partial charge in [-0.15, -0.1) is 0 Å². The first-order valence-electron chi connectivity index (χ1n) is 11.0. The summed E-state index contributed by atoms with van der Waals surface area (Å²) < 4.78 is 1.46. The molecule has 2 aromatic carbocycles. The summed E-state index contributed by atoms with van der Waals surface area (Å²) in [5, 5.41) is 3.69. The van der Waals surface area contributed by atoms with E-state index in [9.17, 15) is 9.59 Å². The van der Waals surface area contributed by atoms with Gasteiger partial charge >= 0.3 is 0 Å². The van der Waals surface area contributed by atoms with Crippen LogP contribution in [-0.2, 0) is 13.6 Å². The summed E-state index contributed by atoms with van der Waals surface area (Å²) in [7, 11) is 1.66. The largest absolute Gasteiger partial charge is 0.382 e. The lowest BCUT2D eigenvalue weighted by molar-refractivity contribution is 0.0946. The number of nitrogens with one attached hydrogen (secondary N) is 1. The Hall–Kier alpha value is -4.85. The number of fused-ring (bicyclic) bond motifs is 1. The number of rotatable bonds is 5. The molecule has 0 spiro atoms. The van der Waals surface area contributed by atoms with E-state index in [0.717, 1.165) is 22.0 Å². The number of nitrogens with zero attached hydrogens (tertiary/aromatic N) is 4. The molecule has 5 rings (SSSR count). The molecule has 0 saturated heterocycles. The Morgan fingerprint density at radius 1 is 0.943 bits per heavy atom. The molecule has 5 aromatic rings. The van der Waals surface area contributed by atoms with Gasteiger partial charge in [0.2, 0.25) is 0 Å². The number of hydrogen-bond donors (Lipinski definition) is 2. The molecule has 0 aliphatic carbocycles. The minimum absolute atomic E-state index is 0.00119. The fraction of sp³-hybridized carbons (Fsp3) is 0.0741. The smallest absolute Gasteiger partial charge is 0.274 e. The molecule has 3 aromatic heterocycles. The second kappa shape index (κ2) is 9.18. The third kappa shape index (κ3) is 4.37. The SMILES string of the molecule is Cn1cccc(CNC(=O)c2nc(-c3ccc4ncccc4c3)c(-c3ccccc3)nc2N)c1=O. The summed E-state index contributed by atoms with van der Waals surface area (Å²) in [6.45, 7) is 0.0465. The minimum atomic E-state index is -0.510. The molecule has 172 valence electrons. The Labute approximate surface area is 201 Å². The van der Waals surface area contributed by atoms with E-state index >= 15 is 0 Å². The molecule has 0 radical (unpaired) electrons. The van der Waals surface area contributed by atoms with Crippen LogP contribution in [0.4, 0.5) is 5.82 Å². The minimum Gasteiger partial charge on any atom is -0.382 e.